The molecule has 0 bridgehead atoms. The van der Waals surface area contributed by atoms with E-state index in [4.69, 9.17) is 9.47 Å². The number of carbonyl (C=O) groups is 3. The third-order valence-electron chi connectivity index (χ3n) is 4.05. The van der Waals surface area contributed by atoms with Crippen molar-refractivity contribution >= 4 is 29.2 Å². The van der Waals surface area contributed by atoms with Crippen molar-refractivity contribution in [1.29, 1.82) is 0 Å². The van der Waals surface area contributed by atoms with E-state index >= 15 is 0 Å². The van der Waals surface area contributed by atoms with Crippen LogP contribution in [0.1, 0.15) is 23.7 Å². The minimum atomic E-state index is -0.403. The fraction of sp³-hybridized carbons (Fsp3) is 0.250. The van der Waals surface area contributed by atoms with E-state index in [9.17, 15) is 14.4 Å². The quantitative estimate of drug-likeness (QED) is 0.793. The summed E-state index contributed by atoms with van der Waals surface area (Å²) in [4.78, 5) is 37.5. The van der Waals surface area contributed by atoms with Crippen molar-refractivity contribution in [2.45, 2.75) is 13.3 Å². The second-order valence-electron chi connectivity index (χ2n) is 5.90. The Morgan fingerprint density at radius 3 is 2.63 bits per heavy atom. The van der Waals surface area contributed by atoms with Crippen LogP contribution in [0.4, 0.5) is 11.4 Å². The zero-order chi connectivity index (χ0) is 19.2. The van der Waals surface area contributed by atoms with Gasteiger partial charge in [-0.3, -0.25) is 9.59 Å². The summed E-state index contributed by atoms with van der Waals surface area (Å²) in [7, 11) is 0. The zero-order valence-electron chi connectivity index (χ0n) is 14.9. The smallest absolute Gasteiger partial charge is 0.338 e. The Labute approximate surface area is 156 Å². The highest BCUT2D eigenvalue weighted by Gasteiger charge is 2.25. The van der Waals surface area contributed by atoms with Crippen molar-refractivity contribution in [1.82, 2.24) is 0 Å². The maximum Gasteiger partial charge on any atom is 0.338 e. The molecule has 0 fully saturated rings. The summed E-state index contributed by atoms with van der Waals surface area (Å²) in [6, 6.07) is 13.7. The van der Waals surface area contributed by atoms with Crippen LogP contribution < -0.4 is 15.0 Å². The van der Waals surface area contributed by atoms with Gasteiger partial charge in [0, 0.05) is 18.7 Å². The number of rotatable bonds is 6. The number of amides is 2. The number of carbonyl (C=O) groups excluding carboxylic acids is 3. The molecule has 2 aromatic rings. The standard InChI is InChI=1S/C20H20N2O5/c1-2-26-20(25)14-7-9-15(10-8-14)21-18(23)11-12-22-16-5-3-4-6-17(16)27-13-19(22)24/h3-10H,2,11-13H2,1H3,(H,21,23). The number of para-hydroxylation sites is 2. The number of fused-ring (bicyclic) bond motifs is 1. The first-order chi connectivity index (χ1) is 13.1. The molecule has 3 rings (SSSR count). The van der Waals surface area contributed by atoms with Gasteiger partial charge >= 0.3 is 5.97 Å². The lowest BCUT2D eigenvalue weighted by molar-refractivity contribution is -0.121. The largest absolute Gasteiger partial charge is 0.482 e. The molecule has 7 heteroatoms. The molecule has 0 aromatic heterocycles. The third kappa shape index (κ3) is 4.44. The molecule has 0 spiro atoms. The Morgan fingerprint density at radius 1 is 1.15 bits per heavy atom. The van der Waals surface area contributed by atoms with Gasteiger partial charge in [-0.2, -0.15) is 0 Å². The number of hydrogen-bond donors (Lipinski definition) is 1. The number of ether oxygens (including phenoxy) is 2. The third-order valence-corrected chi connectivity index (χ3v) is 4.05. The number of benzene rings is 2. The molecule has 1 aliphatic heterocycles. The van der Waals surface area contributed by atoms with Gasteiger partial charge in [0.2, 0.25) is 5.91 Å². The van der Waals surface area contributed by atoms with Gasteiger partial charge in [0.25, 0.3) is 5.91 Å². The Bertz CT molecular complexity index is 848. The molecule has 0 saturated carbocycles. The predicted molar refractivity (Wildman–Crippen MR) is 99.9 cm³/mol. The van der Waals surface area contributed by atoms with Crippen molar-refractivity contribution in [3.8, 4) is 5.75 Å². The molecule has 1 heterocycles. The normalized spacial score (nSPS) is 12.8. The van der Waals surface area contributed by atoms with Crippen LogP contribution in [0.2, 0.25) is 0 Å². The van der Waals surface area contributed by atoms with Crippen LogP contribution in [-0.2, 0) is 14.3 Å². The minimum Gasteiger partial charge on any atom is -0.482 e. The van der Waals surface area contributed by atoms with Crippen molar-refractivity contribution in [2.24, 2.45) is 0 Å². The summed E-state index contributed by atoms with van der Waals surface area (Å²) in [5, 5.41) is 2.76. The fourth-order valence-electron chi connectivity index (χ4n) is 2.74. The summed E-state index contributed by atoms with van der Waals surface area (Å²) >= 11 is 0. The van der Waals surface area contributed by atoms with Gasteiger partial charge in [-0.1, -0.05) is 12.1 Å². The topological polar surface area (TPSA) is 84.9 Å². The fourth-order valence-corrected chi connectivity index (χ4v) is 2.74. The summed E-state index contributed by atoms with van der Waals surface area (Å²) in [5.41, 5.74) is 1.66. The summed E-state index contributed by atoms with van der Waals surface area (Å²) in [5.74, 6) is -0.178. The van der Waals surface area contributed by atoms with Gasteiger partial charge in [-0.05, 0) is 43.3 Å². The first kappa shape index (κ1) is 18.4. The number of anilines is 2. The predicted octanol–water partition coefficient (Wildman–Crippen LogP) is 2.62. The Hall–Kier alpha value is -3.35. The highest BCUT2D eigenvalue weighted by Crippen LogP contribution is 2.31. The average molecular weight is 368 g/mol. The van der Waals surface area contributed by atoms with Gasteiger partial charge in [0.05, 0.1) is 17.9 Å². The van der Waals surface area contributed by atoms with E-state index in [1.54, 1.807) is 48.2 Å². The number of nitrogens with one attached hydrogen (secondary N) is 1. The van der Waals surface area contributed by atoms with Crippen molar-refractivity contribution in [2.75, 3.05) is 30.0 Å². The molecule has 27 heavy (non-hydrogen) atoms. The molecule has 2 aromatic carbocycles. The van der Waals surface area contributed by atoms with E-state index in [-0.39, 0.29) is 31.4 Å². The molecule has 7 nitrogen and oxygen atoms in total. The van der Waals surface area contributed by atoms with Crippen LogP contribution in [0.15, 0.2) is 48.5 Å². The summed E-state index contributed by atoms with van der Waals surface area (Å²) < 4.78 is 10.3. The molecular weight excluding hydrogens is 348 g/mol. The molecule has 1 N–H and O–H groups in total. The van der Waals surface area contributed by atoms with E-state index < -0.39 is 5.97 Å². The van der Waals surface area contributed by atoms with Crippen molar-refractivity contribution < 1.29 is 23.9 Å². The molecule has 0 aliphatic carbocycles. The van der Waals surface area contributed by atoms with Gasteiger partial charge in [-0.25, -0.2) is 4.79 Å². The highest BCUT2D eigenvalue weighted by molar-refractivity contribution is 5.99. The van der Waals surface area contributed by atoms with E-state index in [2.05, 4.69) is 5.32 Å². The molecule has 0 saturated heterocycles. The van der Waals surface area contributed by atoms with E-state index in [1.807, 2.05) is 12.1 Å². The average Bonchev–Trinajstić information content (AvgIpc) is 2.68. The van der Waals surface area contributed by atoms with Gasteiger partial charge in [0.1, 0.15) is 5.75 Å². The highest BCUT2D eigenvalue weighted by atomic mass is 16.5. The van der Waals surface area contributed by atoms with E-state index in [1.165, 1.54) is 0 Å². The lowest BCUT2D eigenvalue weighted by Crippen LogP contribution is -2.40. The Kier molecular flexibility index (Phi) is 5.71. The molecule has 1 aliphatic rings. The second kappa shape index (κ2) is 8.35. The molecule has 140 valence electrons. The summed E-state index contributed by atoms with van der Waals surface area (Å²) in [6.07, 6.45) is 0.139. The first-order valence-electron chi connectivity index (χ1n) is 8.67. The lowest BCUT2D eigenvalue weighted by atomic mass is 10.2. The van der Waals surface area contributed by atoms with Crippen LogP contribution in [0.5, 0.6) is 5.75 Å². The van der Waals surface area contributed by atoms with Crippen molar-refractivity contribution in [3.63, 3.8) is 0 Å². The monoisotopic (exact) mass is 368 g/mol. The summed E-state index contributed by atoms with van der Waals surface area (Å²) in [6.45, 7) is 2.27. The Morgan fingerprint density at radius 2 is 1.89 bits per heavy atom. The van der Waals surface area contributed by atoms with Gasteiger partial charge < -0.3 is 19.7 Å². The molecular formula is C20H20N2O5. The zero-order valence-corrected chi connectivity index (χ0v) is 14.9. The van der Waals surface area contributed by atoms with Crippen LogP contribution >= 0.6 is 0 Å². The van der Waals surface area contributed by atoms with Crippen LogP contribution in [0.3, 0.4) is 0 Å². The van der Waals surface area contributed by atoms with Crippen LogP contribution in [-0.4, -0.2) is 37.5 Å². The maximum atomic E-state index is 12.2. The van der Waals surface area contributed by atoms with Gasteiger partial charge in [-0.15, -0.1) is 0 Å². The first-order valence-corrected chi connectivity index (χ1v) is 8.67. The molecule has 0 unspecified atom stereocenters. The van der Waals surface area contributed by atoms with Crippen LogP contribution in [0.25, 0.3) is 0 Å². The molecule has 0 radical (unpaired) electrons. The maximum absolute atomic E-state index is 12.2. The number of esters is 1. The van der Waals surface area contributed by atoms with Crippen LogP contribution in [0, 0.1) is 0 Å². The Balaban J connectivity index is 1.57. The lowest BCUT2D eigenvalue weighted by Gasteiger charge is -2.29. The van der Waals surface area contributed by atoms with E-state index in [0.717, 1.165) is 0 Å². The number of hydrogen-bond acceptors (Lipinski definition) is 5. The molecule has 2 amide bonds. The van der Waals surface area contributed by atoms with E-state index in [0.29, 0.717) is 29.3 Å². The van der Waals surface area contributed by atoms with Gasteiger partial charge in [0.15, 0.2) is 6.61 Å². The minimum absolute atomic E-state index is 0.0338. The van der Waals surface area contributed by atoms with Crippen molar-refractivity contribution in [3.05, 3.63) is 54.1 Å². The SMILES string of the molecule is CCOC(=O)c1ccc(NC(=O)CCN2C(=O)COc3ccccc32)cc1. The second-order valence-corrected chi connectivity index (χ2v) is 5.90. The molecule has 0 atom stereocenters. The number of nitrogens with zero attached hydrogens (tertiary/aromatic N) is 1.